The summed E-state index contributed by atoms with van der Waals surface area (Å²) in [5.41, 5.74) is 0. The minimum atomic E-state index is -1.16. The van der Waals surface area contributed by atoms with Crippen LogP contribution in [0.1, 0.15) is 58.3 Å². The Balaban J connectivity index is 2.42. The molecule has 104 valence electrons. The van der Waals surface area contributed by atoms with Gasteiger partial charge in [-0.05, 0) is 12.3 Å². The number of hydrogen-bond acceptors (Lipinski definition) is 4. The molecular formula is C13H23NO4. The Morgan fingerprint density at radius 1 is 1.39 bits per heavy atom. The summed E-state index contributed by atoms with van der Waals surface area (Å²) >= 11 is 0. The smallest absolute Gasteiger partial charge is 0.381 e. The molecule has 1 saturated carbocycles. The molecule has 0 saturated heterocycles. The summed E-state index contributed by atoms with van der Waals surface area (Å²) in [4.78, 5) is 22.1. The third-order valence-corrected chi connectivity index (χ3v) is 3.55. The highest BCUT2D eigenvalue weighted by molar-refractivity contribution is 5.74. The lowest BCUT2D eigenvalue weighted by atomic mass is 9.85. The zero-order valence-electron chi connectivity index (χ0n) is 11.1. The normalized spacial score (nSPS) is 18.3. The quantitative estimate of drug-likeness (QED) is 0.304. The molecule has 0 bridgehead atoms. The zero-order chi connectivity index (χ0) is 13.4. The minimum Gasteiger partial charge on any atom is -0.461 e. The molecule has 0 aromatic rings. The average molecular weight is 257 g/mol. The van der Waals surface area contributed by atoms with Crippen LogP contribution < -0.4 is 0 Å². The van der Waals surface area contributed by atoms with E-state index in [-0.39, 0.29) is 0 Å². The Kier molecular flexibility index (Phi) is 6.68. The second-order valence-electron chi connectivity index (χ2n) is 5.06. The van der Waals surface area contributed by atoms with Crippen LogP contribution in [0.2, 0.25) is 0 Å². The molecule has 0 spiro atoms. The summed E-state index contributed by atoms with van der Waals surface area (Å²) in [6.45, 7) is 2.28. The highest BCUT2D eigenvalue weighted by atomic mass is 16.6. The van der Waals surface area contributed by atoms with Gasteiger partial charge in [0.05, 0.1) is 6.61 Å². The van der Waals surface area contributed by atoms with E-state index in [2.05, 4.69) is 0 Å². The lowest BCUT2D eigenvalue weighted by Crippen LogP contribution is -2.34. The van der Waals surface area contributed by atoms with E-state index >= 15 is 0 Å². The molecule has 1 unspecified atom stereocenters. The number of unbranched alkanes of at least 4 members (excludes halogenated alkanes) is 1. The molecule has 18 heavy (non-hydrogen) atoms. The van der Waals surface area contributed by atoms with Crippen molar-refractivity contribution in [3.63, 3.8) is 0 Å². The average Bonchev–Trinajstić information content (AvgIpc) is 2.37. The maximum Gasteiger partial charge on any atom is 0.381 e. The monoisotopic (exact) mass is 257 g/mol. The van der Waals surface area contributed by atoms with Gasteiger partial charge in [0.25, 0.3) is 0 Å². The molecule has 0 amide bonds. The van der Waals surface area contributed by atoms with Crippen LogP contribution in [0.5, 0.6) is 0 Å². The molecule has 0 N–H and O–H groups in total. The molecule has 0 aromatic carbocycles. The van der Waals surface area contributed by atoms with Gasteiger partial charge in [-0.15, -0.1) is 0 Å². The second-order valence-corrected chi connectivity index (χ2v) is 5.06. The maximum absolute atomic E-state index is 11.7. The van der Waals surface area contributed by atoms with Crippen LogP contribution >= 0.6 is 0 Å². The zero-order valence-corrected chi connectivity index (χ0v) is 11.1. The van der Waals surface area contributed by atoms with Gasteiger partial charge >= 0.3 is 12.0 Å². The first-order valence-corrected chi connectivity index (χ1v) is 6.95. The van der Waals surface area contributed by atoms with E-state index in [1.807, 2.05) is 6.92 Å². The fourth-order valence-corrected chi connectivity index (χ4v) is 2.42. The van der Waals surface area contributed by atoms with Crippen LogP contribution in [0.3, 0.4) is 0 Å². The van der Waals surface area contributed by atoms with E-state index in [9.17, 15) is 14.9 Å². The van der Waals surface area contributed by atoms with Crippen molar-refractivity contribution in [2.24, 2.45) is 5.92 Å². The van der Waals surface area contributed by atoms with Gasteiger partial charge in [-0.2, -0.15) is 0 Å². The van der Waals surface area contributed by atoms with E-state index in [0.717, 1.165) is 38.5 Å². The number of hydrogen-bond donors (Lipinski definition) is 0. The number of carbonyl (C=O) groups is 1. The fraction of sp³-hybridized carbons (Fsp3) is 0.923. The van der Waals surface area contributed by atoms with Crippen molar-refractivity contribution in [2.45, 2.75) is 64.3 Å². The van der Waals surface area contributed by atoms with Gasteiger partial charge in [-0.1, -0.05) is 45.4 Å². The summed E-state index contributed by atoms with van der Waals surface area (Å²) in [6, 6.07) is -1.16. The minimum absolute atomic E-state index is 0.296. The van der Waals surface area contributed by atoms with Gasteiger partial charge in [0.15, 0.2) is 0 Å². The highest BCUT2D eigenvalue weighted by Gasteiger charge is 2.34. The number of ether oxygens (including phenoxy) is 1. The topological polar surface area (TPSA) is 69.4 Å². The molecule has 1 atom stereocenters. The van der Waals surface area contributed by atoms with E-state index in [1.54, 1.807) is 0 Å². The van der Waals surface area contributed by atoms with Crippen LogP contribution in [0.15, 0.2) is 0 Å². The Morgan fingerprint density at radius 2 is 2.06 bits per heavy atom. The lowest BCUT2D eigenvalue weighted by molar-refractivity contribution is -0.512. The second kappa shape index (κ2) is 8.06. The van der Waals surface area contributed by atoms with Crippen molar-refractivity contribution < 1.29 is 14.5 Å². The summed E-state index contributed by atoms with van der Waals surface area (Å²) in [5.74, 6) is -0.341. The summed E-state index contributed by atoms with van der Waals surface area (Å²) in [5, 5.41) is 11.0. The van der Waals surface area contributed by atoms with Crippen molar-refractivity contribution in [3.05, 3.63) is 10.1 Å². The van der Waals surface area contributed by atoms with Crippen LogP contribution in [-0.4, -0.2) is 23.5 Å². The van der Waals surface area contributed by atoms with Gasteiger partial charge in [-0.25, -0.2) is 4.79 Å². The first kappa shape index (κ1) is 14.9. The molecule has 1 fully saturated rings. The van der Waals surface area contributed by atoms with Crippen LogP contribution in [-0.2, 0) is 9.53 Å². The third-order valence-electron chi connectivity index (χ3n) is 3.55. The standard InChI is InChI=1S/C13H23NO4/c1-2-3-9-18-13(15)12(14(16)17)10-11-7-5-4-6-8-11/h11-12H,2-10H2,1H3. The number of rotatable bonds is 7. The van der Waals surface area contributed by atoms with E-state index in [4.69, 9.17) is 4.74 Å². The predicted octanol–water partition coefficient (Wildman–Crippen LogP) is 2.95. The fourth-order valence-electron chi connectivity index (χ4n) is 2.42. The van der Waals surface area contributed by atoms with Gasteiger partial charge in [0.2, 0.25) is 0 Å². The van der Waals surface area contributed by atoms with E-state index in [0.29, 0.717) is 18.9 Å². The first-order chi connectivity index (χ1) is 8.65. The molecule has 5 heteroatoms. The Bertz CT molecular complexity index is 274. The Hall–Kier alpha value is -1.13. The molecule has 1 aliphatic rings. The molecule has 0 aromatic heterocycles. The molecule has 0 heterocycles. The summed E-state index contributed by atoms with van der Waals surface area (Å²) < 4.78 is 4.97. The largest absolute Gasteiger partial charge is 0.461 e. The summed E-state index contributed by atoms with van der Waals surface area (Å²) in [7, 11) is 0. The van der Waals surface area contributed by atoms with E-state index < -0.39 is 16.9 Å². The van der Waals surface area contributed by atoms with Crippen LogP contribution in [0.25, 0.3) is 0 Å². The van der Waals surface area contributed by atoms with Crippen LogP contribution in [0, 0.1) is 16.0 Å². The van der Waals surface area contributed by atoms with Crippen molar-refractivity contribution >= 4 is 5.97 Å². The van der Waals surface area contributed by atoms with Crippen molar-refractivity contribution in [1.82, 2.24) is 0 Å². The molecule has 5 nitrogen and oxygen atoms in total. The molecule has 0 aliphatic heterocycles. The highest BCUT2D eigenvalue weighted by Crippen LogP contribution is 2.28. The third kappa shape index (κ3) is 5.02. The Morgan fingerprint density at radius 3 is 2.61 bits per heavy atom. The van der Waals surface area contributed by atoms with E-state index in [1.165, 1.54) is 6.42 Å². The van der Waals surface area contributed by atoms with Gasteiger partial charge < -0.3 is 4.74 Å². The van der Waals surface area contributed by atoms with Gasteiger partial charge in [0, 0.05) is 11.3 Å². The first-order valence-electron chi connectivity index (χ1n) is 6.95. The number of nitrogens with zero attached hydrogens (tertiary/aromatic N) is 1. The van der Waals surface area contributed by atoms with Crippen molar-refractivity contribution in [2.75, 3.05) is 6.61 Å². The maximum atomic E-state index is 11.7. The molecular weight excluding hydrogens is 234 g/mol. The molecule has 1 aliphatic carbocycles. The number of esters is 1. The SMILES string of the molecule is CCCCOC(=O)C(CC1CCCCC1)[N+](=O)[O-]. The van der Waals surface area contributed by atoms with Gasteiger partial charge in [-0.3, -0.25) is 10.1 Å². The van der Waals surface area contributed by atoms with Gasteiger partial charge in [0.1, 0.15) is 0 Å². The molecule has 0 radical (unpaired) electrons. The lowest BCUT2D eigenvalue weighted by Gasteiger charge is -2.22. The number of nitro groups is 1. The summed E-state index contributed by atoms with van der Waals surface area (Å²) in [6.07, 6.45) is 7.50. The van der Waals surface area contributed by atoms with Crippen LogP contribution in [0.4, 0.5) is 0 Å². The van der Waals surface area contributed by atoms with Crippen molar-refractivity contribution in [1.29, 1.82) is 0 Å². The predicted molar refractivity (Wildman–Crippen MR) is 67.8 cm³/mol. The number of carbonyl (C=O) groups excluding carboxylic acids is 1. The van der Waals surface area contributed by atoms with Crippen molar-refractivity contribution in [3.8, 4) is 0 Å². The Labute approximate surface area is 108 Å². The molecule has 1 rings (SSSR count).